The molecule has 7 heteroatoms. The van der Waals surface area contributed by atoms with Gasteiger partial charge in [-0.05, 0) is 20.3 Å². The Hall–Kier alpha value is -0.950. The molecule has 1 heterocycles. The number of nitrogens with zero attached hydrogens (tertiary/aromatic N) is 2. The second-order valence-electron chi connectivity index (χ2n) is 4.41. The van der Waals surface area contributed by atoms with Crippen LogP contribution in [-0.4, -0.2) is 37.0 Å². The molecule has 2 unspecified atom stereocenters. The summed E-state index contributed by atoms with van der Waals surface area (Å²) in [5.74, 6) is 1.50. The van der Waals surface area contributed by atoms with Gasteiger partial charge in [-0.15, -0.1) is 0 Å². The van der Waals surface area contributed by atoms with Crippen LogP contribution in [0, 0.1) is 6.92 Å². The fraction of sp³-hybridized carbons (Fsp3) is 0.636. The number of thiocarbonyl (C=S) groups is 1. The van der Waals surface area contributed by atoms with Gasteiger partial charge in [0.15, 0.2) is 0 Å². The molecule has 0 amide bonds. The fourth-order valence-electron chi connectivity index (χ4n) is 1.77. The van der Waals surface area contributed by atoms with Gasteiger partial charge in [-0.25, -0.2) is 0 Å². The van der Waals surface area contributed by atoms with E-state index in [4.69, 9.17) is 18.0 Å². The molecule has 0 bridgehead atoms. The van der Waals surface area contributed by atoms with E-state index in [0.29, 0.717) is 10.7 Å². The Morgan fingerprint density at radius 2 is 2.28 bits per heavy atom. The molecule has 0 aliphatic carbocycles. The van der Waals surface area contributed by atoms with Crippen LogP contribution < -0.4 is 11.1 Å². The zero-order valence-corrected chi connectivity index (χ0v) is 12.8. The van der Waals surface area contributed by atoms with Crippen molar-refractivity contribution in [3.63, 3.8) is 0 Å². The first-order chi connectivity index (χ1) is 8.32. The van der Waals surface area contributed by atoms with Gasteiger partial charge in [-0.3, -0.25) is 8.89 Å². The predicted molar refractivity (Wildman–Crippen MR) is 80.5 cm³/mol. The van der Waals surface area contributed by atoms with E-state index in [1.807, 2.05) is 20.9 Å². The number of hydrogen-bond donors (Lipinski definition) is 2. The van der Waals surface area contributed by atoms with E-state index in [-0.39, 0.29) is 6.04 Å². The smallest absolute Gasteiger partial charge is 0.134 e. The Bertz CT molecular complexity index is 470. The lowest BCUT2D eigenvalue weighted by Crippen LogP contribution is -2.22. The molecular weight excluding hydrogens is 268 g/mol. The van der Waals surface area contributed by atoms with Gasteiger partial charge in [0.05, 0.1) is 11.3 Å². The first-order valence-corrected chi connectivity index (χ1v) is 7.86. The molecule has 5 nitrogen and oxygen atoms in total. The minimum Gasteiger partial charge on any atom is -0.389 e. The highest BCUT2D eigenvalue weighted by Crippen LogP contribution is 2.19. The number of aromatic nitrogens is 2. The van der Waals surface area contributed by atoms with Crippen LogP contribution in [0.2, 0.25) is 0 Å². The summed E-state index contributed by atoms with van der Waals surface area (Å²) in [5, 5.41) is 7.64. The Balaban J connectivity index is 2.83. The molecule has 0 aliphatic heterocycles. The summed E-state index contributed by atoms with van der Waals surface area (Å²) in [4.78, 5) is 0.342. The first-order valence-electron chi connectivity index (χ1n) is 5.73. The third-order valence-corrected chi connectivity index (χ3v) is 3.70. The molecule has 0 saturated heterocycles. The average molecular weight is 288 g/mol. The normalized spacial score (nSPS) is 14.2. The molecule has 2 atom stereocenters. The summed E-state index contributed by atoms with van der Waals surface area (Å²) in [6, 6.07) is 0.191. The molecule has 0 radical (unpaired) electrons. The third kappa shape index (κ3) is 3.78. The van der Waals surface area contributed by atoms with Crippen molar-refractivity contribution < 1.29 is 4.21 Å². The van der Waals surface area contributed by atoms with Gasteiger partial charge in [-0.1, -0.05) is 12.2 Å². The van der Waals surface area contributed by atoms with E-state index in [2.05, 4.69) is 10.4 Å². The highest BCUT2D eigenvalue weighted by atomic mass is 32.2. The zero-order chi connectivity index (χ0) is 13.9. The lowest BCUT2D eigenvalue weighted by molar-refractivity contribution is 0.675. The largest absolute Gasteiger partial charge is 0.389 e. The summed E-state index contributed by atoms with van der Waals surface area (Å²) >= 11 is 5.05. The zero-order valence-electron chi connectivity index (χ0n) is 11.2. The molecule has 1 aromatic heterocycles. The van der Waals surface area contributed by atoms with Crippen LogP contribution in [-0.2, 0) is 17.8 Å². The van der Waals surface area contributed by atoms with Crippen molar-refractivity contribution in [3.8, 4) is 0 Å². The summed E-state index contributed by atoms with van der Waals surface area (Å²) in [7, 11) is 1.08. The third-order valence-electron chi connectivity index (χ3n) is 2.69. The maximum absolute atomic E-state index is 11.1. The van der Waals surface area contributed by atoms with E-state index in [0.717, 1.165) is 23.5 Å². The van der Waals surface area contributed by atoms with Crippen molar-refractivity contribution in [2.45, 2.75) is 26.3 Å². The Morgan fingerprint density at radius 3 is 2.78 bits per heavy atom. The van der Waals surface area contributed by atoms with Crippen molar-refractivity contribution in [1.82, 2.24) is 9.78 Å². The van der Waals surface area contributed by atoms with E-state index in [9.17, 15) is 4.21 Å². The molecule has 3 N–H and O–H groups in total. The number of hydrogen-bond acceptors (Lipinski definition) is 4. The molecule has 0 aromatic carbocycles. The fourth-order valence-corrected chi connectivity index (χ4v) is 2.70. The van der Waals surface area contributed by atoms with Crippen molar-refractivity contribution >= 4 is 33.8 Å². The van der Waals surface area contributed by atoms with E-state index < -0.39 is 10.8 Å². The molecule has 0 aliphatic rings. The SMILES string of the molecule is Cc1nn(C)c(NC(C)CCS(C)=O)c1C(N)=S. The number of nitrogens with two attached hydrogens (primary N) is 1. The minimum absolute atomic E-state index is 0.191. The summed E-state index contributed by atoms with van der Waals surface area (Å²) in [6.45, 7) is 3.92. The van der Waals surface area contributed by atoms with E-state index in [1.165, 1.54) is 0 Å². The van der Waals surface area contributed by atoms with Crippen LogP contribution in [0.5, 0.6) is 0 Å². The van der Waals surface area contributed by atoms with Gasteiger partial charge >= 0.3 is 0 Å². The highest BCUT2D eigenvalue weighted by Gasteiger charge is 2.17. The molecule has 1 rings (SSSR count). The van der Waals surface area contributed by atoms with Gasteiger partial charge in [0.1, 0.15) is 10.8 Å². The van der Waals surface area contributed by atoms with Crippen LogP contribution >= 0.6 is 12.2 Å². The van der Waals surface area contributed by atoms with Crippen LogP contribution in [0.3, 0.4) is 0 Å². The topological polar surface area (TPSA) is 72.9 Å². The number of aryl methyl sites for hydroxylation is 2. The standard InChI is InChI=1S/C11H20N4OS2/c1-7(5-6-18(4)16)13-11-9(10(12)17)8(2)14-15(11)3/h7,13H,5-6H2,1-4H3,(H2,12,17). The summed E-state index contributed by atoms with van der Waals surface area (Å²) in [6.07, 6.45) is 2.53. The number of anilines is 1. The lowest BCUT2D eigenvalue weighted by Gasteiger charge is -2.16. The van der Waals surface area contributed by atoms with Crippen LogP contribution in [0.25, 0.3) is 0 Å². The summed E-state index contributed by atoms with van der Waals surface area (Å²) < 4.78 is 12.8. The Morgan fingerprint density at radius 1 is 1.67 bits per heavy atom. The van der Waals surface area contributed by atoms with Crippen molar-refractivity contribution in [2.75, 3.05) is 17.3 Å². The lowest BCUT2D eigenvalue weighted by atomic mass is 10.2. The van der Waals surface area contributed by atoms with Crippen LogP contribution in [0.15, 0.2) is 0 Å². The number of nitrogens with one attached hydrogen (secondary N) is 1. The first kappa shape index (κ1) is 15.1. The second-order valence-corrected chi connectivity index (χ2v) is 6.40. The molecule has 1 aromatic rings. The minimum atomic E-state index is -0.771. The van der Waals surface area contributed by atoms with Crippen LogP contribution in [0.4, 0.5) is 5.82 Å². The molecule has 18 heavy (non-hydrogen) atoms. The molecule has 0 spiro atoms. The van der Waals surface area contributed by atoms with E-state index in [1.54, 1.807) is 10.9 Å². The van der Waals surface area contributed by atoms with Gasteiger partial charge in [-0.2, -0.15) is 5.10 Å². The van der Waals surface area contributed by atoms with Crippen molar-refractivity contribution in [2.24, 2.45) is 12.8 Å². The van der Waals surface area contributed by atoms with Gasteiger partial charge in [0.2, 0.25) is 0 Å². The quantitative estimate of drug-likeness (QED) is 0.762. The van der Waals surface area contributed by atoms with Crippen molar-refractivity contribution in [3.05, 3.63) is 11.3 Å². The Kier molecular flexibility index (Phi) is 5.28. The maximum atomic E-state index is 11.1. The molecular formula is C11H20N4OS2. The van der Waals surface area contributed by atoms with Gasteiger partial charge < -0.3 is 11.1 Å². The molecule has 102 valence electrons. The van der Waals surface area contributed by atoms with Crippen LogP contribution in [0.1, 0.15) is 24.6 Å². The summed E-state index contributed by atoms with van der Waals surface area (Å²) in [5.41, 5.74) is 7.32. The molecule has 0 fully saturated rings. The number of rotatable bonds is 6. The molecule has 0 saturated carbocycles. The van der Waals surface area contributed by atoms with E-state index >= 15 is 0 Å². The monoisotopic (exact) mass is 288 g/mol. The Labute approximate surface area is 116 Å². The predicted octanol–water partition coefficient (Wildman–Crippen LogP) is 0.932. The van der Waals surface area contributed by atoms with Crippen molar-refractivity contribution in [1.29, 1.82) is 0 Å². The maximum Gasteiger partial charge on any atom is 0.134 e. The van der Waals surface area contributed by atoms with Gasteiger partial charge in [0, 0.05) is 35.9 Å². The average Bonchev–Trinajstić information content (AvgIpc) is 2.51. The van der Waals surface area contributed by atoms with Gasteiger partial charge in [0.25, 0.3) is 0 Å². The highest BCUT2D eigenvalue weighted by molar-refractivity contribution is 7.84. The second kappa shape index (κ2) is 6.29.